The molecule has 1 aromatic carbocycles. The number of carbonyl (C=O) groups excluding carboxylic acids is 1. The van der Waals surface area contributed by atoms with E-state index in [9.17, 15) is 4.79 Å². The Kier molecular flexibility index (Phi) is 3.96. The van der Waals surface area contributed by atoms with Gasteiger partial charge >= 0.3 is 0 Å². The van der Waals surface area contributed by atoms with E-state index in [1.807, 2.05) is 38.1 Å². The molecule has 1 rings (SSSR count). The first kappa shape index (κ1) is 11.1. The van der Waals surface area contributed by atoms with Gasteiger partial charge in [0.05, 0.1) is 0 Å². The van der Waals surface area contributed by atoms with E-state index in [1.54, 1.807) is 0 Å². The molecule has 0 fully saturated rings. The molecule has 1 N–H and O–H groups in total. The second-order valence-corrected chi connectivity index (χ2v) is 3.61. The zero-order valence-electron chi connectivity index (χ0n) is 8.38. The summed E-state index contributed by atoms with van der Waals surface area (Å²) in [5, 5.41) is 2.10. The highest BCUT2D eigenvalue weighted by Crippen LogP contribution is 2.21. The van der Waals surface area contributed by atoms with Crippen LogP contribution >= 0.6 is 11.6 Å². The van der Waals surface area contributed by atoms with Crippen LogP contribution in [0.5, 0.6) is 0 Å². The molecule has 0 aliphatic rings. The molecule has 0 bridgehead atoms. The van der Waals surface area contributed by atoms with Crippen LogP contribution in [0.1, 0.15) is 23.4 Å². The Labute approximate surface area is 89.3 Å². The van der Waals surface area contributed by atoms with Crippen molar-refractivity contribution in [3.8, 4) is 0 Å². The molecule has 0 saturated carbocycles. The average Bonchev–Trinajstić information content (AvgIpc) is 2.17. The Bertz CT molecular complexity index is 325. The van der Waals surface area contributed by atoms with Crippen LogP contribution in [0.25, 0.3) is 0 Å². The standard InChI is InChI=1S/C11H14ClNO/c1-3-13-11(14)10(12)9-6-4-5-8(2)7-9/h4-7,10H,3H2,1-2H3,(H,13,14). The fraction of sp³-hybridized carbons (Fsp3) is 0.364. The van der Waals surface area contributed by atoms with Crippen molar-refractivity contribution < 1.29 is 4.79 Å². The van der Waals surface area contributed by atoms with Gasteiger partial charge in [-0.15, -0.1) is 11.6 Å². The lowest BCUT2D eigenvalue weighted by atomic mass is 10.1. The minimum Gasteiger partial charge on any atom is -0.355 e. The van der Waals surface area contributed by atoms with Gasteiger partial charge in [0.1, 0.15) is 5.38 Å². The molecule has 76 valence electrons. The fourth-order valence-electron chi connectivity index (χ4n) is 1.24. The topological polar surface area (TPSA) is 29.1 Å². The number of amides is 1. The number of benzene rings is 1. The van der Waals surface area contributed by atoms with Crippen LogP contribution in [-0.2, 0) is 4.79 Å². The van der Waals surface area contributed by atoms with Crippen molar-refractivity contribution in [3.05, 3.63) is 35.4 Å². The van der Waals surface area contributed by atoms with E-state index >= 15 is 0 Å². The largest absolute Gasteiger partial charge is 0.355 e. The minimum atomic E-state index is -0.588. The summed E-state index contributed by atoms with van der Waals surface area (Å²) in [4.78, 5) is 11.4. The summed E-state index contributed by atoms with van der Waals surface area (Å²) in [6, 6.07) is 7.66. The second kappa shape index (κ2) is 5.01. The maximum atomic E-state index is 11.4. The SMILES string of the molecule is CCNC(=O)C(Cl)c1cccc(C)c1. The number of rotatable bonds is 3. The van der Waals surface area contributed by atoms with Gasteiger partial charge in [-0.05, 0) is 19.4 Å². The molecule has 2 nitrogen and oxygen atoms in total. The summed E-state index contributed by atoms with van der Waals surface area (Å²) in [7, 11) is 0. The van der Waals surface area contributed by atoms with Crippen molar-refractivity contribution in [2.24, 2.45) is 0 Å². The first-order valence-electron chi connectivity index (χ1n) is 4.63. The van der Waals surface area contributed by atoms with E-state index in [0.29, 0.717) is 6.54 Å². The highest BCUT2D eigenvalue weighted by atomic mass is 35.5. The zero-order chi connectivity index (χ0) is 10.6. The van der Waals surface area contributed by atoms with E-state index in [1.165, 1.54) is 0 Å². The third kappa shape index (κ3) is 2.74. The highest BCUT2D eigenvalue weighted by molar-refractivity contribution is 6.30. The molecule has 0 radical (unpaired) electrons. The first-order valence-corrected chi connectivity index (χ1v) is 5.07. The third-order valence-corrected chi connectivity index (χ3v) is 2.37. The summed E-state index contributed by atoms with van der Waals surface area (Å²) >= 11 is 6.00. The number of likely N-dealkylation sites (N-methyl/N-ethyl adjacent to an activating group) is 1. The monoisotopic (exact) mass is 211 g/mol. The van der Waals surface area contributed by atoms with Crippen LogP contribution in [-0.4, -0.2) is 12.5 Å². The number of alkyl halides is 1. The summed E-state index contributed by atoms with van der Waals surface area (Å²) in [6.45, 7) is 4.45. The van der Waals surface area contributed by atoms with Gasteiger partial charge in [0.2, 0.25) is 5.91 Å². The van der Waals surface area contributed by atoms with Gasteiger partial charge in [0, 0.05) is 6.54 Å². The van der Waals surface area contributed by atoms with Crippen molar-refractivity contribution in [1.82, 2.24) is 5.32 Å². The molecule has 0 aromatic heterocycles. The number of carbonyl (C=O) groups is 1. The van der Waals surface area contributed by atoms with E-state index in [2.05, 4.69) is 5.32 Å². The molecule has 1 unspecified atom stereocenters. The van der Waals surface area contributed by atoms with Crippen molar-refractivity contribution in [2.45, 2.75) is 19.2 Å². The zero-order valence-corrected chi connectivity index (χ0v) is 9.14. The number of hydrogen-bond donors (Lipinski definition) is 1. The van der Waals surface area contributed by atoms with Crippen LogP contribution < -0.4 is 5.32 Å². The predicted molar refractivity (Wildman–Crippen MR) is 58.5 cm³/mol. The van der Waals surface area contributed by atoms with Gasteiger partial charge in [0.25, 0.3) is 0 Å². The van der Waals surface area contributed by atoms with Gasteiger partial charge in [-0.3, -0.25) is 4.79 Å². The molecule has 0 heterocycles. The maximum Gasteiger partial charge on any atom is 0.242 e. The molecule has 3 heteroatoms. The maximum absolute atomic E-state index is 11.4. The fourth-order valence-corrected chi connectivity index (χ4v) is 1.46. The molecule has 1 aromatic rings. The Hall–Kier alpha value is -1.02. The smallest absolute Gasteiger partial charge is 0.242 e. The lowest BCUT2D eigenvalue weighted by Gasteiger charge is -2.09. The van der Waals surface area contributed by atoms with E-state index < -0.39 is 5.38 Å². The molecule has 0 spiro atoms. The van der Waals surface area contributed by atoms with E-state index in [4.69, 9.17) is 11.6 Å². The van der Waals surface area contributed by atoms with Crippen LogP contribution in [0.4, 0.5) is 0 Å². The normalized spacial score (nSPS) is 12.2. The molecule has 1 atom stereocenters. The van der Waals surface area contributed by atoms with Crippen molar-refractivity contribution in [1.29, 1.82) is 0 Å². The number of hydrogen-bond acceptors (Lipinski definition) is 1. The summed E-state index contributed by atoms with van der Waals surface area (Å²) in [5.41, 5.74) is 1.95. The van der Waals surface area contributed by atoms with Gasteiger partial charge < -0.3 is 5.32 Å². The van der Waals surface area contributed by atoms with Crippen LogP contribution in [0.3, 0.4) is 0 Å². The number of aryl methyl sites for hydroxylation is 1. The van der Waals surface area contributed by atoms with Gasteiger partial charge in [-0.25, -0.2) is 0 Å². The first-order chi connectivity index (χ1) is 6.65. The lowest BCUT2D eigenvalue weighted by molar-refractivity contribution is -0.120. The second-order valence-electron chi connectivity index (χ2n) is 3.17. The Morgan fingerprint density at radius 1 is 1.57 bits per heavy atom. The van der Waals surface area contributed by atoms with Crippen molar-refractivity contribution in [3.63, 3.8) is 0 Å². The Morgan fingerprint density at radius 2 is 2.29 bits per heavy atom. The van der Waals surface area contributed by atoms with Gasteiger partial charge in [0.15, 0.2) is 0 Å². The van der Waals surface area contributed by atoms with Gasteiger partial charge in [-0.2, -0.15) is 0 Å². The highest BCUT2D eigenvalue weighted by Gasteiger charge is 2.16. The predicted octanol–water partition coefficient (Wildman–Crippen LogP) is 2.41. The van der Waals surface area contributed by atoms with E-state index in [-0.39, 0.29) is 5.91 Å². The quantitative estimate of drug-likeness (QED) is 0.765. The van der Waals surface area contributed by atoms with Crippen LogP contribution in [0.2, 0.25) is 0 Å². The minimum absolute atomic E-state index is 0.139. The average molecular weight is 212 g/mol. The summed E-state index contributed by atoms with van der Waals surface area (Å²) in [5.74, 6) is -0.139. The Morgan fingerprint density at radius 3 is 2.86 bits per heavy atom. The third-order valence-electron chi connectivity index (χ3n) is 1.92. The molecular formula is C11H14ClNO. The number of nitrogens with one attached hydrogen (secondary N) is 1. The van der Waals surface area contributed by atoms with Crippen LogP contribution in [0.15, 0.2) is 24.3 Å². The van der Waals surface area contributed by atoms with E-state index in [0.717, 1.165) is 11.1 Å². The molecule has 0 aliphatic carbocycles. The number of halogens is 1. The summed E-state index contributed by atoms with van der Waals surface area (Å²) < 4.78 is 0. The Balaban J connectivity index is 2.78. The molecule has 0 saturated heterocycles. The van der Waals surface area contributed by atoms with Gasteiger partial charge in [-0.1, -0.05) is 29.8 Å². The van der Waals surface area contributed by atoms with Crippen molar-refractivity contribution in [2.75, 3.05) is 6.54 Å². The molecule has 1 amide bonds. The van der Waals surface area contributed by atoms with Crippen LogP contribution in [0, 0.1) is 6.92 Å². The molecule has 14 heavy (non-hydrogen) atoms. The summed E-state index contributed by atoms with van der Waals surface area (Å²) in [6.07, 6.45) is 0. The molecule has 0 aliphatic heterocycles. The molecular weight excluding hydrogens is 198 g/mol. The lowest BCUT2D eigenvalue weighted by Crippen LogP contribution is -2.26. The van der Waals surface area contributed by atoms with Crippen molar-refractivity contribution >= 4 is 17.5 Å².